The highest BCUT2D eigenvalue weighted by molar-refractivity contribution is 5.66. The Morgan fingerprint density at radius 3 is 2.26 bits per heavy atom. The van der Waals surface area contributed by atoms with E-state index in [1.165, 1.54) is 6.07 Å². The monoisotopic (exact) mass is 258 g/mol. The smallest absolute Gasteiger partial charge is 0.146 e. The standard InChI is InChI=1S/C16H19FN2/c1-3-14(18)12-8-4-6-10-15(12)19(2)16-11-7-5-9-13(16)17/h4-11,14H,3,18H2,1-2H3/t14-/m0/s1. The molecule has 3 heteroatoms. The second-order valence-electron chi connectivity index (χ2n) is 4.58. The highest BCUT2D eigenvalue weighted by Crippen LogP contribution is 2.32. The summed E-state index contributed by atoms with van der Waals surface area (Å²) in [6.45, 7) is 2.05. The molecule has 0 aromatic heterocycles. The largest absolute Gasteiger partial charge is 0.342 e. The molecular formula is C16H19FN2. The molecule has 0 fully saturated rings. The van der Waals surface area contributed by atoms with Crippen molar-refractivity contribution < 1.29 is 4.39 Å². The number of nitrogens with zero attached hydrogens (tertiary/aromatic N) is 1. The fraction of sp³-hybridized carbons (Fsp3) is 0.250. The average molecular weight is 258 g/mol. The van der Waals surface area contributed by atoms with Crippen LogP contribution in [-0.4, -0.2) is 7.05 Å². The van der Waals surface area contributed by atoms with Crippen LogP contribution in [0.15, 0.2) is 48.5 Å². The first-order valence-electron chi connectivity index (χ1n) is 6.48. The molecule has 2 aromatic carbocycles. The van der Waals surface area contributed by atoms with Crippen molar-refractivity contribution in [2.75, 3.05) is 11.9 Å². The lowest BCUT2D eigenvalue weighted by Gasteiger charge is -2.25. The van der Waals surface area contributed by atoms with Crippen LogP contribution in [0.4, 0.5) is 15.8 Å². The SMILES string of the molecule is CC[C@H](N)c1ccccc1N(C)c1ccccc1F. The van der Waals surface area contributed by atoms with Crippen LogP contribution in [0.1, 0.15) is 24.9 Å². The Kier molecular flexibility index (Phi) is 4.17. The average Bonchev–Trinajstić information content (AvgIpc) is 2.46. The van der Waals surface area contributed by atoms with Gasteiger partial charge in [0.05, 0.1) is 5.69 Å². The van der Waals surface area contributed by atoms with E-state index in [9.17, 15) is 4.39 Å². The zero-order chi connectivity index (χ0) is 13.8. The number of hydrogen-bond acceptors (Lipinski definition) is 2. The summed E-state index contributed by atoms with van der Waals surface area (Å²) in [5.74, 6) is -0.232. The van der Waals surface area contributed by atoms with Crippen molar-refractivity contribution in [3.63, 3.8) is 0 Å². The van der Waals surface area contributed by atoms with Crippen molar-refractivity contribution in [1.82, 2.24) is 0 Å². The number of benzene rings is 2. The van der Waals surface area contributed by atoms with Gasteiger partial charge in [-0.1, -0.05) is 37.3 Å². The van der Waals surface area contributed by atoms with Crippen molar-refractivity contribution >= 4 is 11.4 Å². The molecule has 1 atom stereocenters. The molecule has 0 spiro atoms. The molecule has 0 saturated heterocycles. The first-order valence-corrected chi connectivity index (χ1v) is 6.48. The van der Waals surface area contributed by atoms with Gasteiger partial charge >= 0.3 is 0 Å². The zero-order valence-electron chi connectivity index (χ0n) is 11.3. The summed E-state index contributed by atoms with van der Waals surface area (Å²) < 4.78 is 13.9. The van der Waals surface area contributed by atoms with Gasteiger partial charge in [-0.05, 0) is 30.2 Å². The van der Waals surface area contributed by atoms with E-state index in [1.807, 2.05) is 49.2 Å². The highest BCUT2D eigenvalue weighted by atomic mass is 19.1. The van der Waals surface area contributed by atoms with Crippen LogP contribution in [0.25, 0.3) is 0 Å². The number of anilines is 2. The molecule has 0 aliphatic carbocycles. The predicted molar refractivity (Wildman–Crippen MR) is 78.1 cm³/mol. The van der Waals surface area contributed by atoms with Gasteiger partial charge in [0, 0.05) is 18.8 Å². The number of nitrogens with two attached hydrogens (primary N) is 1. The van der Waals surface area contributed by atoms with Crippen LogP contribution in [0.2, 0.25) is 0 Å². The summed E-state index contributed by atoms with van der Waals surface area (Å²) in [6.07, 6.45) is 0.849. The molecular weight excluding hydrogens is 239 g/mol. The second kappa shape index (κ2) is 5.85. The quantitative estimate of drug-likeness (QED) is 0.898. The summed E-state index contributed by atoms with van der Waals surface area (Å²) in [7, 11) is 1.86. The lowest BCUT2D eigenvalue weighted by Crippen LogP contribution is -2.17. The van der Waals surface area contributed by atoms with Gasteiger partial charge in [-0.25, -0.2) is 4.39 Å². The number of halogens is 1. The van der Waals surface area contributed by atoms with Crippen molar-refractivity contribution in [1.29, 1.82) is 0 Å². The Bertz CT molecular complexity index is 554. The molecule has 2 nitrogen and oxygen atoms in total. The van der Waals surface area contributed by atoms with Crippen LogP contribution in [0.3, 0.4) is 0 Å². The Balaban J connectivity index is 2.45. The Labute approximate surface area is 113 Å². The van der Waals surface area contributed by atoms with Gasteiger partial charge in [0.15, 0.2) is 0 Å². The van der Waals surface area contributed by atoms with Gasteiger partial charge in [-0.2, -0.15) is 0 Å². The predicted octanol–water partition coefficient (Wildman–Crippen LogP) is 4.00. The fourth-order valence-corrected chi connectivity index (χ4v) is 2.18. The van der Waals surface area contributed by atoms with Crippen LogP contribution < -0.4 is 10.6 Å². The van der Waals surface area contributed by atoms with Crippen molar-refractivity contribution in [2.24, 2.45) is 5.73 Å². The summed E-state index contributed by atoms with van der Waals surface area (Å²) in [4.78, 5) is 1.85. The maximum absolute atomic E-state index is 13.9. The number of rotatable bonds is 4. The third-order valence-electron chi connectivity index (χ3n) is 3.35. The van der Waals surface area contributed by atoms with Gasteiger partial charge in [0.1, 0.15) is 5.82 Å². The van der Waals surface area contributed by atoms with Gasteiger partial charge in [0.2, 0.25) is 0 Å². The van der Waals surface area contributed by atoms with Gasteiger partial charge < -0.3 is 10.6 Å². The molecule has 2 rings (SSSR count). The minimum Gasteiger partial charge on any atom is -0.342 e. The van der Waals surface area contributed by atoms with E-state index in [0.29, 0.717) is 5.69 Å². The summed E-state index contributed by atoms with van der Waals surface area (Å²) in [5.41, 5.74) is 8.67. The molecule has 0 amide bonds. The van der Waals surface area contributed by atoms with Crippen LogP contribution >= 0.6 is 0 Å². The number of para-hydroxylation sites is 2. The first-order chi connectivity index (χ1) is 9.15. The molecule has 0 bridgehead atoms. The summed E-state index contributed by atoms with van der Waals surface area (Å²) in [5, 5.41) is 0. The molecule has 0 heterocycles. The van der Waals surface area contributed by atoms with E-state index in [0.717, 1.165) is 17.7 Å². The Morgan fingerprint density at radius 1 is 1.05 bits per heavy atom. The summed E-state index contributed by atoms with van der Waals surface area (Å²) >= 11 is 0. The molecule has 0 radical (unpaired) electrons. The van der Waals surface area contributed by atoms with Crippen molar-refractivity contribution in [2.45, 2.75) is 19.4 Å². The fourth-order valence-electron chi connectivity index (χ4n) is 2.18. The Hall–Kier alpha value is -1.87. The molecule has 2 N–H and O–H groups in total. The maximum Gasteiger partial charge on any atom is 0.146 e. The zero-order valence-corrected chi connectivity index (χ0v) is 11.3. The van der Waals surface area contributed by atoms with Crippen molar-refractivity contribution in [3.05, 3.63) is 59.9 Å². The van der Waals surface area contributed by atoms with E-state index in [2.05, 4.69) is 0 Å². The third kappa shape index (κ3) is 2.76. The first kappa shape index (κ1) is 13.6. The van der Waals surface area contributed by atoms with E-state index in [4.69, 9.17) is 5.73 Å². The molecule has 0 unspecified atom stereocenters. The minimum absolute atomic E-state index is 0.0366. The van der Waals surface area contributed by atoms with Crippen LogP contribution in [0.5, 0.6) is 0 Å². The van der Waals surface area contributed by atoms with Gasteiger partial charge in [-0.15, -0.1) is 0 Å². The van der Waals surface area contributed by atoms with Gasteiger partial charge in [0.25, 0.3) is 0 Å². The second-order valence-corrected chi connectivity index (χ2v) is 4.58. The third-order valence-corrected chi connectivity index (χ3v) is 3.35. The lowest BCUT2D eigenvalue weighted by atomic mass is 10.0. The Morgan fingerprint density at radius 2 is 1.63 bits per heavy atom. The summed E-state index contributed by atoms with van der Waals surface area (Å²) in [6, 6.07) is 14.6. The lowest BCUT2D eigenvalue weighted by molar-refractivity contribution is 0.627. The number of hydrogen-bond donors (Lipinski definition) is 1. The normalized spacial score (nSPS) is 12.2. The van der Waals surface area contributed by atoms with E-state index >= 15 is 0 Å². The molecule has 100 valence electrons. The van der Waals surface area contributed by atoms with E-state index in [-0.39, 0.29) is 11.9 Å². The molecule has 0 aliphatic heterocycles. The van der Waals surface area contributed by atoms with E-state index in [1.54, 1.807) is 12.1 Å². The molecule has 2 aromatic rings. The molecule has 0 saturated carbocycles. The van der Waals surface area contributed by atoms with Crippen molar-refractivity contribution in [3.8, 4) is 0 Å². The van der Waals surface area contributed by atoms with Crippen LogP contribution in [-0.2, 0) is 0 Å². The topological polar surface area (TPSA) is 29.3 Å². The molecule has 19 heavy (non-hydrogen) atoms. The molecule has 0 aliphatic rings. The maximum atomic E-state index is 13.9. The van der Waals surface area contributed by atoms with Crippen LogP contribution in [0, 0.1) is 5.82 Å². The van der Waals surface area contributed by atoms with Gasteiger partial charge in [-0.3, -0.25) is 0 Å². The minimum atomic E-state index is -0.232. The van der Waals surface area contributed by atoms with E-state index < -0.39 is 0 Å². The highest BCUT2D eigenvalue weighted by Gasteiger charge is 2.15.